The van der Waals surface area contributed by atoms with Crippen LogP contribution in [0.3, 0.4) is 0 Å². The molecule has 1 aromatic rings. The number of nitrogens with zero attached hydrogens (tertiary/aromatic N) is 1. The fourth-order valence-electron chi connectivity index (χ4n) is 2.75. The number of piperidine rings is 1. The molecule has 2 heteroatoms. The first kappa shape index (κ1) is 14.3. The summed E-state index contributed by atoms with van der Waals surface area (Å²) in [6.45, 7) is 3.78. The molecule has 0 saturated carbocycles. The number of hydrogen-bond acceptors (Lipinski definition) is 2. The van der Waals surface area contributed by atoms with E-state index in [1.54, 1.807) is 0 Å². The second-order valence-electron chi connectivity index (χ2n) is 5.50. The number of Topliss-reactive ketones (excluding diaryl/α,β-unsaturated/α-hetero) is 1. The maximum atomic E-state index is 11.9. The van der Waals surface area contributed by atoms with Gasteiger partial charge in [-0.25, -0.2) is 0 Å². The van der Waals surface area contributed by atoms with Crippen molar-refractivity contribution in [1.29, 1.82) is 0 Å². The number of benzene rings is 1. The minimum absolute atomic E-state index is 0.290. The lowest BCUT2D eigenvalue weighted by molar-refractivity contribution is 0.0978. The summed E-state index contributed by atoms with van der Waals surface area (Å²) in [4.78, 5) is 14.5. The Bertz CT molecular complexity index is 368. The van der Waals surface area contributed by atoms with Crippen LogP contribution in [0.25, 0.3) is 0 Å². The molecule has 1 heterocycles. The first-order valence-corrected chi connectivity index (χ1v) is 7.67. The molecule has 1 saturated heterocycles. The number of unbranched alkanes of at least 4 members (excludes halogenated alkanes) is 2. The maximum absolute atomic E-state index is 11.9. The summed E-state index contributed by atoms with van der Waals surface area (Å²) in [5, 5.41) is 0. The minimum atomic E-state index is 0.290. The first-order valence-electron chi connectivity index (χ1n) is 7.67. The first-order chi connectivity index (χ1) is 9.36. The van der Waals surface area contributed by atoms with Gasteiger partial charge in [0.2, 0.25) is 0 Å². The molecule has 2 nitrogen and oxygen atoms in total. The van der Waals surface area contributed by atoms with E-state index in [-0.39, 0.29) is 0 Å². The highest BCUT2D eigenvalue weighted by Gasteiger charge is 2.09. The van der Waals surface area contributed by atoms with Crippen molar-refractivity contribution in [2.24, 2.45) is 0 Å². The van der Waals surface area contributed by atoms with Crippen LogP contribution in [-0.2, 0) is 0 Å². The van der Waals surface area contributed by atoms with Gasteiger partial charge in [0.05, 0.1) is 0 Å². The molecule has 0 radical (unpaired) electrons. The van der Waals surface area contributed by atoms with E-state index in [0.717, 1.165) is 12.0 Å². The van der Waals surface area contributed by atoms with Gasteiger partial charge in [-0.2, -0.15) is 0 Å². The van der Waals surface area contributed by atoms with Crippen molar-refractivity contribution >= 4 is 5.78 Å². The molecule has 0 spiro atoms. The van der Waals surface area contributed by atoms with Gasteiger partial charge in [0, 0.05) is 12.0 Å². The van der Waals surface area contributed by atoms with Gasteiger partial charge in [0.1, 0.15) is 0 Å². The molecule has 2 rings (SSSR count). The zero-order valence-electron chi connectivity index (χ0n) is 11.8. The molecule has 0 N–H and O–H groups in total. The van der Waals surface area contributed by atoms with Crippen molar-refractivity contribution in [2.75, 3.05) is 19.6 Å². The Morgan fingerprint density at radius 1 is 0.947 bits per heavy atom. The number of carbonyl (C=O) groups excluding carboxylic acids is 1. The fraction of sp³-hybridized carbons (Fsp3) is 0.588. The highest BCUT2D eigenvalue weighted by atomic mass is 16.1. The van der Waals surface area contributed by atoms with Crippen LogP contribution in [0.15, 0.2) is 30.3 Å². The van der Waals surface area contributed by atoms with Crippen molar-refractivity contribution in [3.63, 3.8) is 0 Å². The number of hydrogen-bond donors (Lipinski definition) is 0. The zero-order chi connectivity index (χ0) is 13.3. The second kappa shape index (κ2) is 8.11. The van der Waals surface area contributed by atoms with Gasteiger partial charge < -0.3 is 4.90 Å². The lowest BCUT2D eigenvalue weighted by Crippen LogP contribution is -2.30. The summed E-state index contributed by atoms with van der Waals surface area (Å²) < 4.78 is 0. The predicted octanol–water partition coefficient (Wildman–Crippen LogP) is 3.92. The predicted molar refractivity (Wildman–Crippen MR) is 79.5 cm³/mol. The molecule has 0 aliphatic carbocycles. The van der Waals surface area contributed by atoms with Gasteiger partial charge in [0.15, 0.2) is 5.78 Å². The van der Waals surface area contributed by atoms with Gasteiger partial charge in [-0.05, 0) is 45.3 Å². The molecule has 1 aliphatic rings. The molecular formula is C17H25NO. The third kappa shape index (κ3) is 5.15. The topological polar surface area (TPSA) is 20.3 Å². The normalized spacial score (nSPS) is 16.4. The molecule has 1 fully saturated rings. The Hall–Kier alpha value is -1.15. The van der Waals surface area contributed by atoms with Gasteiger partial charge in [-0.3, -0.25) is 4.79 Å². The lowest BCUT2D eigenvalue weighted by atomic mass is 10.0. The van der Waals surface area contributed by atoms with Crippen LogP contribution in [0.1, 0.15) is 55.3 Å². The summed E-state index contributed by atoms with van der Waals surface area (Å²) in [7, 11) is 0. The molecule has 104 valence electrons. The Balaban J connectivity index is 1.55. The molecule has 19 heavy (non-hydrogen) atoms. The zero-order valence-corrected chi connectivity index (χ0v) is 11.8. The standard InChI is InChI=1S/C17H25NO/c19-17(16-10-4-1-5-11-16)12-6-2-7-13-18-14-8-3-9-15-18/h1,4-5,10-11H,2-3,6-9,12-15H2. The molecule has 0 atom stereocenters. The van der Waals surface area contributed by atoms with Crippen LogP contribution in [-0.4, -0.2) is 30.3 Å². The number of rotatable bonds is 7. The smallest absolute Gasteiger partial charge is 0.162 e. The summed E-state index contributed by atoms with van der Waals surface area (Å²) >= 11 is 0. The van der Waals surface area contributed by atoms with Crippen LogP contribution in [0.5, 0.6) is 0 Å². The third-order valence-corrected chi connectivity index (χ3v) is 3.92. The summed E-state index contributed by atoms with van der Waals surface area (Å²) in [5.41, 5.74) is 0.860. The van der Waals surface area contributed by atoms with E-state index in [9.17, 15) is 4.79 Å². The van der Waals surface area contributed by atoms with Gasteiger partial charge in [-0.1, -0.05) is 43.2 Å². The van der Waals surface area contributed by atoms with E-state index in [2.05, 4.69) is 4.90 Å². The number of ketones is 1. The van der Waals surface area contributed by atoms with E-state index in [4.69, 9.17) is 0 Å². The Morgan fingerprint density at radius 2 is 1.68 bits per heavy atom. The van der Waals surface area contributed by atoms with Crippen molar-refractivity contribution < 1.29 is 4.79 Å². The van der Waals surface area contributed by atoms with Crippen LogP contribution < -0.4 is 0 Å². The molecule has 0 amide bonds. The maximum Gasteiger partial charge on any atom is 0.162 e. The summed E-state index contributed by atoms with van der Waals surface area (Å²) in [6.07, 6.45) is 8.28. The van der Waals surface area contributed by atoms with Gasteiger partial charge in [-0.15, -0.1) is 0 Å². The Kier molecular flexibility index (Phi) is 6.09. The van der Waals surface area contributed by atoms with Crippen LogP contribution in [0.4, 0.5) is 0 Å². The molecule has 0 bridgehead atoms. The SMILES string of the molecule is O=C(CCCCCN1CCCCC1)c1ccccc1. The van der Waals surface area contributed by atoms with E-state index >= 15 is 0 Å². The second-order valence-corrected chi connectivity index (χ2v) is 5.50. The average molecular weight is 259 g/mol. The molecule has 1 aromatic carbocycles. The monoisotopic (exact) mass is 259 g/mol. The highest BCUT2D eigenvalue weighted by Crippen LogP contribution is 2.11. The van der Waals surface area contributed by atoms with Crippen molar-refractivity contribution in [1.82, 2.24) is 4.90 Å². The fourth-order valence-corrected chi connectivity index (χ4v) is 2.75. The quantitative estimate of drug-likeness (QED) is 0.546. The highest BCUT2D eigenvalue weighted by molar-refractivity contribution is 5.95. The molecule has 0 unspecified atom stereocenters. The number of carbonyl (C=O) groups is 1. The molecule has 0 aromatic heterocycles. The van der Waals surface area contributed by atoms with Gasteiger partial charge in [0.25, 0.3) is 0 Å². The van der Waals surface area contributed by atoms with E-state index < -0.39 is 0 Å². The van der Waals surface area contributed by atoms with Crippen LogP contribution >= 0.6 is 0 Å². The largest absolute Gasteiger partial charge is 0.303 e. The van der Waals surface area contributed by atoms with E-state index in [1.807, 2.05) is 30.3 Å². The van der Waals surface area contributed by atoms with E-state index in [1.165, 1.54) is 51.7 Å². The lowest BCUT2D eigenvalue weighted by Gasteiger charge is -2.26. The minimum Gasteiger partial charge on any atom is -0.303 e. The van der Waals surface area contributed by atoms with Crippen LogP contribution in [0, 0.1) is 0 Å². The van der Waals surface area contributed by atoms with Crippen molar-refractivity contribution in [3.05, 3.63) is 35.9 Å². The molecule has 1 aliphatic heterocycles. The average Bonchev–Trinajstić information content (AvgIpc) is 2.49. The van der Waals surface area contributed by atoms with Crippen LogP contribution in [0.2, 0.25) is 0 Å². The third-order valence-electron chi connectivity index (χ3n) is 3.92. The Labute approximate surface area is 116 Å². The summed E-state index contributed by atoms with van der Waals surface area (Å²) in [5.74, 6) is 0.290. The van der Waals surface area contributed by atoms with E-state index in [0.29, 0.717) is 12.2 Å². The number of likely N-dealkylation sites (tertiary alicyclic amines) is 1. The summed E-state index contributed by atoms with van der Waals surface area (Å²) in [6, 6.07) is 9.65. The van der Waals surface area contributed by atoms with Crippen molar-refractivity contribution in [2.45, 2.75) is 44.9 Å². The molecular weight excluding hydrogens is 234 g/mol. The van der Waals surface area contributed by atoms with Crippen molar-refractivity contribution in [3.8, 4) is 0 Å². The Morgan fingerprint density at radius 3 is 2.42 bits per heavy atom. The van der Waals surface area contributed by atoms with Gasteiger partial charge >= 0.3 is 0 Å².